The maximum atomic E-state index is 10.1. The Kier molecular flexibility index (Phi) is 4.41. The van der Waals surface area contributed by atoms with Crippen molar-refractivity contribution in [3.63, 3.8) is 0 Å². The maximum absolute atomic E-state index is 10.1. The number of nitrogens with zero attached hydrogens (tertiary/aromatic N) is 4. The Morgan fingerprint density at radius 1 is 1.28 bits per heavy atom. The summed E-state index contributed by atoms with van der Waals surface area (Å²) in [6.45, 7) is 1.69. The summed E-state index contributed by atoms with van der Waals surface area (Å²) in [6, 6.07) is 5.78. The molecule has 0 aliphatic heterocycles. The van der Waals surface area contributed by atoms with E-state index in [1.807, 2.05) is 24.4 Å². The molecule has 0 aromatic carbocycles. The first-order valence-electron chi connectivity index (χ1n) is 8.11. The second kappa shape index (κ2) is 6.52. The summed E-state index contributed by atoms with van der Waals surface area (Å²) in [5.41, 5.74) is 2.20. The molecule has 0 radical (unpaired) electrons. The third kappa shape index (κ3) is 3.95. The van der Waals surface area contributed by atoms with Crippen molar-refractivity contribution in [2.24, 2.45) is 4.99 Å². The molecule has 3 N–H and O–H groups in total. The first-order chi connectivity index (χ1) is 11.8. The lowest BCUT2D eigenvalue weighted by Gasteiger charge is -2.23. The Bertz CT molecular complexity index is 898. The van der Waals surface area contributed by atoms with Crippen molar-refractivity contribution in [2.45, 2.75) is 0 Å². The van der Waals surface area contributed by atoms with E-state index in [4.69, 9.17) is 5.41 Å². The number of aliphatic imine (C=N–C) groups is 1. The highest BCUT2D eigenvalue weighted by Gasteiger charge is 2.16. The summed E-state index contributed by atoms with van der Waals surface area (Å²) < 4.78 is 2.61. The average molecular weight is 339 g/mol. The Morgan fingerprint density at radius 3 is 2.80 bits per heavy atom. The predicted molar refractivity (Wildman–Crippen MR) is 101 cm³/mol. The van der Waals surface area contributed by atoms with E-state index in [1.54, 1.807) is 16.7 Å². The van der Waals surface area contributed by atoms with Gasteiger partial charge in [0.1, 0.15) is 17.2 Å². The molecular formula is C18H23N6O+. The fraction of sp³-hybridized carbons (Fsp3) is 0.278. The van der Waals surface area contributed by atoms with Gasteiger partial charge in [-0.25, -0.2) is 9.51 Å². The zero-order valence-corrected chi connectivity index (χ0v) is 14.7. The molecule has 0 bridgehead atoms. The van der Waals surface area contributed by atoms with Crippen LogP contribution in [-0.2, 0) is 0 Å². The molecule has 0 unspecified atom stereocenters. The Hall–Kier alpha value is -2.93. The number of hydrogen-bond donors (Lipinski definition) is 3. The van der Waals surface area contributed by atoms with Crippen LogP contribution in [0.2, 0.25) is 0 Å². The van der Waals surface area contributed by atoms with Crippen LogP contribution in [0.25, 0.3) is 5.52 Å². The lowest BCUT2D eigenvalue weighted by molar-refractivity contribution is -0.868. The SMILES string of the molecule is C[N+](C)(C)CCNc1nn2ccccc2c1/N=C1\C=CC(=N)C=C1O. The van der Waals surface area contributed by atoms with E-state index < -0.39 is 0 Å². The molecule has 25 heavy (non-hydrogen) atoms. The van der Waals surface area contributed by atoms with E-state index in [0.717, 1.165) is 23.1 Å². The Morgan fingerprint density at radius 2 is 2.08 bits per heavy atom. The van der Waals surface area contributed by atoms with Gasteiger partial charge in [-0.15, -0.1) is 5.10 Å². The minimum atomic E-state index is -0.0138. The number of aromatic nitrogens is 2. The zero-order valence-electron chi connectivity index (χ0n) is 14.7. The lowest BCUT2D eigenvalue weighted by Crippen LogP contribution is -2.38. The van der Waals surface area contributed by atoms with Gasteiger partial charge in [0.2, 0.25) is 0 Å². The number of aliphatic hydroxyl groups is 1. The van der Waals surface area contributed by atoms with Gasteiger partial charge in [-0.05, 0) is 24.3 Å². The molecule has 3 rings (SSSR count). The van der Waals surface area contributed by atoms with Crippen LogP contribution >= 0.6 is 0 Å². The highest BCUT2D eigenvalue weighted by Crippen LogP contribution is 2.30. The quantitative estimate of drug-likeness (QED) is 0.578. The van der Waals surface area contributed by atoms with Gasteiger partial charge in [-0.1, -0.05) is 6.07 Å². The number of aliphatic hydroxyl groups excluding tert-OH is 1. The van der Waals surface area contributed by atoms with Crippen LogP contribution in [-0.4, -0.2) is 64.9 Å². The van der Waals surface area contributed by atoms with Gasteiger partial charge < -0.3 is 20.3 Å². The van der Waals surface area contributed by atoms with Crippen LogP contribution in [0.3, 0.4) is 0 Å². The standard InChI is InChI=1S/C18H22N6O/c1-24(2,3)11-9-20-18-17(15-6-4-5-10-23(15)22-18)21-14-8-7-13(19)12-16(14)25/h4-8,10,12H,9,11H2,1-3H3,(H2-,19,20,22,25)/p+1/b21-14+. The molecule has 0 saturated heterocycles. The monoisotopic (exact) mass is 339 g/mol. The van der Waals surface area contributed by atoms with Gasteiger partial charge in [-0.3, -0.25) is 0 Å². The molecule has 7 nitrogen and oxygen atoms in total. The van der Waals surface area contributed by atoms with Crippen LogP contribution in [0.15, 0.2) is 53.4 Å². The summed E-state index contributed by atoms with van der Waals surface area (Å²) in [6.07, 6.45) is 6.50. The second-order valence-electron chi connectivity index (χ2n) is 6.98. The molecule has 0 spiro atoms. The van der Waals surface area contributed by atoms with Crippen molar-refractivity contribution >= 4 is 28.4 Å². The molecule has 0 fully saturated rings. The van der Waals surface area contributed by atoms with Crippen molar-refractivity contribution in [1.29, 1.82) is 5.41 Å². The van der Waals surface area contributed by atoms with Crippen LogP contribution < -0.4 is 5.32 Å². The van der Waals surface area contributed by atoms with Crippen LogP contribution in [0.5, 0.6) is 0 Å². The van der Waals surface area contributed by atoms with E-state index in [2.05, 4.69) is 36.6 Å². The van der Waals surface area contributed by atoms with Crippen molar-refractivity contribution in [2.75, 3.05) is 39.5 Å². The fourth-order valence-corrected chi connectivity index (χ4v) is 2.46. The molecule has 1 aliphatic carbocycles. The van der Waals surface area contributed by atoms with E-state index in [9.17, 15) is 5.11 Å². The fourth-order valence-electron chi connectivity index (χ4n) is 2.46. The average Bonchev–Trinajstić information content (AvgIpc) is 2.87. The van der Waals surface area contributed by atoms with Crippen LogP contribution in [0.1, 0.15) is 0 Å². The normalized spacial score (nSPS) is 16.5. The molecule has 0 atom stereocenters. The van der Waals surface area contributed by atoms with E-state index >= 15 is 0 Å². The smallest absolute Gasteiger partial charge is 0.175 e. The molecule has 2 aromatic rings. The molecule has 0 amide bonds. The highest BCUT2D eigenvalue weighted by atomic mass is 16.3. The summed E-state index contributed by atoms with van der Waals surface area (Å²) in [4.78, 5) is 4.60. The van der Waals surface area contributed by atoms with E-state index in [0.29, 0.717) is 17.2 Å². The number of hydrogen-bond acceptors (Lipinski definition) is 5. The molecule has 2 aromatic heterocycles. The largest absolute Gasteiger partial charge is 0.506 e. The lowest BCUT2D eigenvalue weighted by atomic mass is 10.1. The second-order valence-corrected chi connectivity index (χ2v) is 6.98. The van der Waals surface area contributed by atoms with E-state index in [-0.39, 0.29) is 11.5 Å². The van der Waals surface area contributed by atoms with Crippen molar-refractivity contribution in [1.82, 2.24) is 9.61 Å². The van der Waals surface area contributed by atoms with Gasteiger partial charge >= 0.3 is 0 Å². The molecule has 1 aliphatic rings. The first kappa shape index (κ1) is 16.9. The summed E-state index contributed by atoms with van der Waals surface area (Å²) in [7, 11) is 6.41. The minimum Gasteiger partial charge on any atom is -0.506 e. The van der Waals surface area contributed by atoms with Crippen molar-refractivity contribution in [3.8, 4) is 0 Å². The first-order valence-corrected chi connectivity index (χ1v) is 8.11. The number of allylic oxidation sites excluding steroid dienone is 3. The number of rotatable bonds is 5. The molecule has 0 saturated carbocycles. The summed E-state index contributed by atoms with van der Waals surface area (Å²) in [5.74, 6) is 0.661. The summed E-state index contributed by atoms with van der Waals surface area (Å²) >= 11 is 0. The van der Waals surface area contributed by atoms with Gasteiger partial charge in [-0.2, -0.15) is 0 Å². The van der Waals surface area contributed by atoms with Crippen molar-refractivity contribution < 1.29 is 9.59 Å². The Balaban J connectivity index is 1.98. The predicted octanol–water partition coefficient (Wildman–Crippen LogP) is 2.56. The third-order valence-electron chi connectivity index (χ3n) is 3.80. The topological polar surface area (TPSA) is 85.8 Å². The van der Waals surface area contributed by atoms with Crippen LogP contribution in [0, 0.1) is 5.41 Å². The van der Waals surface area contributed by atoms with Crippen molar-refractivity contribution in [3.05, 3.63) is 48.4 Å². The molecule has 7 heteroatoms. The minimum absolute atomic E-state index is 0.0138. The molecular weight excluding hydrogens is 316 g/mol. The number of quaternary nitrogens is 1. The van der Waals surface area contributed by atoms with E-state index in [1.165, 1.54) is 6.08 Å². The maximum Gasteiger partial charge on any atom is 0.175 e. The number of pyridine rings is 1. The number of likely N-dealkylation sites (N-methyl/N-ethyl adjacent to an activating group) is 1. The van der Waals surface area contributed by atoms with Gasteiger partial charge in [0.25, 0.3) is 0 Å². The highest BCUT2D eigenvalue weighted by molar-refractivity contribution is 6.20. The third-order valence-corrected chi connectivity index (χ3v) is 3.80. The summed E-state index contributed by atoms with van der Waals surface area (Å²) in [5, 5.41) is 25.6. The van der Waals surface area contributed by atoms with Gasteiger partial charge in [0, 0.05) is 12.3 Å². The number of anilines is 1. The van der Waals surface area contributed by atoms with Gasteiger partial charge in [0.05, 0.1) is 45.5 Å². The number of nitrogens with one attached hydrogen (secondary N) is 2. The van der Waals surface area contributed by atoms with Crippen LogP contribution in [0.4, 0.5) is 11.5 Å². The zero-order chi connectivity index (χ0) is 18.0. The number of fused-ring (bicyclic) bond motifs is 1. The Labute approximate surface area is 146 Å². The molecule has 2 heterocycles. The van der Waals surface area contributed by atoms with Gasteiger partial charge in [0.15, 0.2) is 5.82 Å². The molecule has 130 valence electrons.